The third-order valence-corrected chi connectivity index (χ3v) is 8.39. The molecule has 4 aromatic rings. The number of carbonyl (C=O) groups is 2. The van der Waals surface area contributed by atoms with Gasteiger partial charge in [-0.05, 0) is 60.2 Å². The Labute approximate surface area is 262 Å². The number of benzene rings is 2. The van der Waals surface area contributed by atoms with E-state index in [0.29, 0.717) is 18.9 Å². The Morgan fingerprint density at radius 3 is 2.41 bits per heavy atom. The summed E-state index contributed by atoms with van der Waals surface area (Å²) in [5.74, 6) is -0.542. The number of anilines is 1. The Hall–Kier alpha value is -4.15. The van der Waals surface area contributed by atoms with Crippen molar-refractivity contribution in [2.75, 3.05) is 25.5 Å². The van der Waals surface area contributed by atoms with Crippen molar-refractivity contribution in [3.8, 4) is 0 Å². The topological polar surface area (TPSA) is 98.7 Å². The fourth-order valence-corrected chi connectivity index (χ4v) is 5.70. The molecular formula is C34H40FN5O3S. The third kappa shape index (κ3) is 8.70. The van der Waals surface area contributed by atoms with Crippen LogP contribution in [0, 0.1) is 6.92 Å². The number of halogens is 1. The summed E-state index contributed by atoms with van der Waals surface area (Å²) in [6, 6.07) is 15.3. The highest BCUT2D eigenvalue weighted by molar-refractivity contribution is 7.09. The number of amides is 2. The first kappa shape index (κ1) is 32.8. The summed E-state index contributed by atoms with van der Waals surface area (Å²) in [5.41, 5.74) is 4.34. The predicted octanol–water partition coefficient (Wildman–Crippen LogP) is 5.55. The van der Waals surface area contributed by atoms with Gasteiger partial charge in [-0.2, -0.15) is 0 Å². The molecule has 2 heterocycles. The smallest absolute Gasteiger partial charge is 0.254 e. The molecule has 8 nitrogen and oxygen atoms in total. The van der Waals surface area contributed by atoms with Crippen molar-refractivity contribution in [1.29, 1.82) is 0 Å². The minimum atomic E-state index is -0.954. The second-order valence-electron chi connectivity index (χ2n) is 11.4. The maximum Gasteiger partial charge on any atom is 0.254 e. The molecule has 4 rings (SSSR count). The molecule has 0 bridgehead atoms. The number of thiazole rings is 1. The Kier molecular flexibility index (Phi) is 11.2. The zero-order valence-corrected chi connectivity index (χ0v) is 26.6. The van der Waals surface area contributed by atoms with Gasteiger partial charge in [-0.25, -0.2) is 9.37 Å². The maximum absolute atomic E-state index is 13.9. The third-order valence-electron chi connectivity index (χ3n) is 7.43. The van der Waals surface area contributed by atoms with Gasteiger partial charge in [0.2, 0.25) is 0 Å². The number of pyridine rings is 1. The minimum Gasteiger partial charge on any atom is -0.389 e. The number of hydrogen-bond acceptors (Lipinski definition) is 7. The predicted molar refractivity (Wildman–Crippen MR) is 173 cm³/mol. The molecule has 232 valence electrons. The number of rotatable bonds is 13. The number of likely N-dealkylation sites (N-methyl/N-ethyl adjacent to an activating group) is 1. The lowest BCUT2D eigenvalue weighted by Gasteiger charge is -2.29. The number of alkyl halides is 1. The summed E-state index contributed by atoms with van der Waals surface area (Å²) in [6.07, 6.45) is 3.00. The van der Waals surface area contributed by atoms with E-state index in [0.717, 1.165) is 27.5 Å². The number of nitrogens with one attached hydrogen (secondary N) is 1. The second kappa shape index (κ2) is 15.0. The van der Waals surface area contributed by atoms with E-state index in [-0.39, 0.29) is 29.1 Å². The van der Waals surface area contributed by atoms with E-state index in [4.69, 9.17) is 0 Å². The molecule has 0 saturated carbocycles. The van der Waals surface area contributed by atoms with Gasteiger partial charge in [-0.3, -0.25) is 14.6 Å². The standard InChI is InChI=1S/C34H40FN5O3S/c1-22(2)28-15-29(18-36-17-28)39(4)19-31(41)30(13-24-9-7-6-8-10-24)38-33(42)26-11-25(16-35)12-27(14-26)34(43)40(5)20-32-37-23(3)21-44-32/h6-12,14-15,17-18,21-22,30-31,41H,13,16,19-20H2,1-5H3,(H,38,42)/t30-,31+/m0/s1. The van der Waals surface area contributed by atoms with Gasteiger partial charge in [0.25, 0.3) is 11.8 Å². The zero-order valence-electron chi connectivity index (χ0n) is 25.8. The van der Waals surface area contributed by atoms with Crippen molar-refractivity contribution in [2.24, 2.45) is 0 Å². The fourth-order valence-electron chi connectivity index (χ4n) is 4.88. The molecular weight excluding hydrogens is 577 g/mol. The average Bonchev–Trinajstić information content (AvgIpc) is 3.44. The molecule has 0 saturated heterocycles. The quantitative estimate of drug-likeness (QED) is 0.204. The lowest BCUT2D eigenvalue weighted by molar-refractivity contribution is 0.0784. The largest absolute Gasteiger partial charge is 0.389 e. The van der Waals surface area contributed by atoms with Crippen LogP contribution in [0.3, 0.4) is 0 Å². The maximum atomic E-state index is 13.9. The Bertz CT molecular complexity index is 1560. The number of aryl methyl sites for hydroxylation is 1. The van der Waals surface area contributed by atoms with Gasteiger partial charge in [-0.1, -0.05) is 44.2 Å². The van der Waals surface area contributed by atoms with E-state index in [9.17, 15) is 19.1 Å². The Morgan fingerprint density at radius 1 is 1.02 bits per heavy atom. The fraction of sp³-hybridized carbons (Fsp3) is 0.353. The highest BCUT2D eigenvalue weighted by Gasteiger charge is 2.25. The number of carbonyl (C=O) groups excluding carboxylic acids is 2. The second-order valence-corrected chi connectivity index (χ2v) is 12.4. The van der Waals surface area contributed by atoms with Crippen LogP contribution in [-0.4, -0.2) is 64.6 Å². The van der Waals surface area contributed by atoms with Gasteiger partial charge < -0.3 is 20.2 Å². The van der Waals surface area contributed by atoms with Gasteiger partial charge in [0.1, 0.15) is 11.7 Å². The van der Waals surface area contributed by atoms with Gasteiger partial charge in [0, 0.05) is 49.0 Å². The van der Waals surface area contributed by atoms with Crippen LogP contribution in [0.4, 0.5) is 10.1 Å². The molecule has 44 heavy (non-hydrogen) atoms. The summed E-state index contributed by atoms with van der Waals surface area (Å²) >= 11 is 1.46. The van der Waals surface area contributed by atoms with Crippen molar-refractivity contribution in [2.45, 2.75) is 58.5 Å². The Morgan fingerprint density at radius 2 is 1.75 bits per heavy atom. The molecule has 0 fully saturated rings. The van der Waals surface area contributed by atoms with Crippen LogP contribution in [0.15, 0.2) is 72.4 Å². The highest BCUT2D eigenvalue weighted by Crippen LogP contribution is 2.21. The summed E-state index contributed by atoms with van der Waals surface area (Å²) in [5, 5.41) is 17.1. The summed E-state index contributed by atoms with van der Waals surface area (Å²) in [6.45, 7) is 5.78. The lowest BCUT2D eigenvalue weighted by atomic mass is 9.99. The van der Waals surface area contributed by atoms with E-state index in [1.165, 1.54) is 34.4 Å². The molecule has 0 unspecified atom stereocenters. The molecule has 10 heteroatoms. The van der Waals surface area contributed by atoms with Crippen molar-refractivity contribution in [3.05, 3.63) is 111 Å². The first-order chi connectivity index (χ1) is 21.0. The van der Waals surface area contributed by atoms with Gasteiger partial charge in [0.15, 0.2) is 0 Å². The SMILES string of the molecule is Cc1csc(CN(C)C(=O)c2cc(CF)cc(C(=O)N[C@@H](Cc3ccccc3)[C@H](O)CN(C)c3cncc(C(C)C)c3)c2)n1. The van der Waals surface area contributed by atoms with Crippen LogP contribution in [0.1, 0.15) is 67.9 Å². The molecule has 2 aromatic heterocycles. The molecule has 2 N–H and O–H groups in total. The molecule has 2 aromatic carbocycles. The van der Waals surface area contributed by atoms with Crippen LogP contribution in [0.5, 0.6) is 0 Å². The van der Waals surface area contributed by atoms with Crippen molar-refractivity contribution >= 4 is 28.8 Å². The van der Waals surface area contributed by atoms with E-state index in [2.05, 4.69) is 29.1 Å². The average molecular weight is 618 g/mol. The van der Waals surface area contributed by atoms with Crippen molar-refractivity contribution < 1.29 is 19.1 Å². The van der Waals surface area contributed by atoms with E-state index < -0.39 is 24.7 Å². The zero-order chi connectivity index (χ0) is 31.8. The monoisotopic (exact) mass is 617 g/mol. The molecule has 0 aliphatic carbocycles. The lowest BCUT2D eigenvalue weighted by Crippen LogP contribution is -2.49. The molecule has 0 spiro atoms. The molecule has 0 radical (unpaired) electrons. The Balaban J connectivity index is 1.55. The van der Waals surface area contributed by atoms with Crippen LogP contribution in [0.2, 0.25) is 0 Å². The van der Waals surface area contributed by atoms with E-state index in [1.807, 2.05) is 66.8 Å². The molecule has 0 aliphatic rings. The van der Waals surface area contributed by atoms with Crippen molar-refractivity contribution in [1.82, 2.24) is 20.2 Å². The minimum absolute atomic E-state index is 0.148. The van der Waals surface area contributed by atoms with Crippen LogP contribution >= 0.6 is 11.3 Å². The van der Waals surface area contributed by atoms with Crippen LogP contribution in [0.25, 0.3) is 0 Å². The number of nitrogens with zero attached hydrogens (tertiary/aromatic N) is 4. The van der Waals surface area contributed by atoms with Crippen LogP contribution in [-0.2, 0) is 19.6 Å². The summed E-state index contributed by atoms with van der Waals surface area (Å²) in [4.78, 5) is 39.1. The molecule has 0 aliphatic heterocycles. The van der Waals surface area contributed by atoms with Crippen molar-refractivity contribution in [3.63, 3.8) is 0 Å². The molecule has 2 atom stereocenters. The van der Waals surface area contributed by atoms with Gasteiger partial charge in [-0.15, -0.1) is 11.3 Å². The number of hydrogen-bond donors (Lipinski definition) is 2. The first-order valence-electron chi connectivity index (χ1n) is 14.6. The number of aliphatic hydroxyl groups is 1. The highest BCUT2D eigenvalue weighted by atomic mass is 32.1. The van der Waals surface area contributed by atoms with E-state index in [1.54, 1.807) is 13.2 Å². The van der Waals surface area contributed by atoms with E-state index >= 15 is 0 Å². The first-order valence-corrected chi connectivity index (χ1v) is 15.5. The summed E-state index contributed by atoms with van der Waals surface area (Å²) < 4.78 is 13.9. The molecule has 2 amide bonds. The normalized spacial score (nSPS) is 12.5. The summed E-state index contributed by atoms with van der Waals surface area (Å²) in [7, 11) is 3.52. The van der Waals surface area contributed by atoms with Gasteiger partial charge >= 0.3 is 0 Å². The number of aromatic nitrogens is 2. The van der Waals surface area contributed by atoms with Crippen LogP contribution < -0.4 is 10.2 Å². The number of aliphatic hydroxyl groups excluding tert-OH is 1. The van der Waals surface area contributed by atoms with Gasteiger partial charge in [0.05, 0.1) is 30.6 Å².